The van der Waals surface area contributed by atoms with E-state index in [2.05, 4.69) is 6.92 Å². The van der Waals surface area contributed by atoms with Gasteiger partial charge in [-0.25, -0.2) is 0 Å². The van der Waals surface area contributed by atoms with E-state index in [1.165, 1.54) is 17.8 Å². The zero-order valence-corrected chi connectivity index (χ0v) is 15.9. The summed E-state index contributed by atoms with van der Waals surface area (Å²) >= 11 is 6.94. The van der Waals surface area contributed by atoms with Crippen molar-refractivity contribution in [3.8, 4) is 0 Å². The van der Waals surface area contributed by atoms with Crippen LogP contribution in [0.4, 0.5) is 0 Å². The second-order valence-corrected chi connectivity index (χ2v) is 11.6. The fraction of sp³-hybridized carbons (Fsp3) is 0.929. The number of likely N-dealkylation sites (tertiary alicyclic amines) is 1. The zero-order valence-electron chi connectivity index (χ0n) is 13.4. The molecule has 1 saturated heterocycles. The van der Waals surface area contributed by atoms with E-state index in [0.29, 0.717) is 25.0 Å². The van der Waals surface area contributed by atoms with Crippen LogP contribution in [0.1, 0.15) is 52.9 Å². The molecule has 0 spiro atoms. The smallest absolute Gasteiger partial charge is 0.247 e. The molecule has 0 unspecified atom stereocenters. The van der Waals surface area contributed by atoms with Gasteiger partial charge in [0.05, 0.1) is 19.0 Å². The van der Waals surface area contributed by atoms with Crippen LogP contribution in [0.15, 0.2) is 0 Å². The molecule has 0 aliphatic carbocycles. The van der Waals surface area contributed by atoms with Gasteiger partial charge < -0.3 is 13.9 Å². The topological polar surface area (TPSA) is 38.8 Å². The van der Waals surface area contributed by atoms with Gasteiger partial charge in [0.15, 0.2) is 0 Å². The lowest BCUT2D eigenvalue weighted by molar-refractivity contribution is -0.131. The Hall–Kier alpha value is 0.390. The molecule has 1 heterocycles. The standard InChI is InChI=1S/C14H28NO3PS2/c1-4-10-17-19(20,18-11-5-2)21-12-14(16)15-9-7-6-8-13(15)3/h13H,4-12H2,1-3H3/t13-/m1/s1. The molecule has 0 aromatic carbocycles. The van der Waals surface area contributed by atoms with Crippen molar-refractivity contribution in [1.82, 2.24) is 4.90 Å². The van der Waals surface area contributed by atoms with Crippen LogP contribution in [0.2, 0.25) is 0 Å². The summed E-state index contributed by atoms with van der Waals surface area (Å²) in [6.07, 6.45) is 5.24. The van der Waals surface area contributed by atoms with E-state index >= 15 is 0 Å². The third-order valence-electron chi connectivity index (χ3n) is 3.38. The molecular formula is C14H28NO3PS2. The first-order valence-electron chi connectivity index (χ1n) is 7.85. The molecule has 0 radical (unpaired) electrons. The first kappa shape index (κ1) is 19.4. The molecule has 124 valence electrons. The molecule has 0 aromatic heterocycles. The fourth-order valence-corrected chi connectivity index (χ4v) is 6.30. The fourth-order valence-electron chi connectivity index (χ4n) is 2.20. The van der Waals surface area contributed by atoms with Gasteiger partial charge >= 0.3 is 0 Å². The third-order valence-corrected chi connectivity index (χ3v) is 8.62. The van der Waals surface area contributed by atoms with Crippen LogP contribution in [0.3, 0.4) is 0 Å². The van der Waals surface area contributed by atoms with Crippen LogP contribution in [0.25, 0.3) is 0 Å². The van der Waals surface area contributed by atoms with Crippen molar-refractivity contribution < 1.29 is 13.8 Å². The molecule has 0 bridgehead atoms. The second-order valence-electron chi connectivity index (χ2n) is 5.32. The lowest BCUT2D eigenvalue weighted by atomic mass is 10.0. The lowest BCUT2D eigenvalue weighted by Crippen LogP contribution is -2.42. The van der Waals surface area contributed by atoms with Gasteiger partial charge in [-0.3, -0.25) is 4.79 Å². The molecule has 1 fully saturated rings. The van der Waals surface area contributed by atoms with Crippen molar-refractivity contribution in [1.29, 1.82) is 0 Å². The molecule has 7 heteroatoms. The Bertz CT molecular complexity index is 356. The van der Waals surface area contributed by atoms with E-state index in [0.717, 1.165) is 32.2 Å². The third kappa shape index (κ3) is 7.00. The van der Waals surface area contributed by atoms with Gasteiger partial charge in [0.25, 0.3) is 0 Å². The van der Waals surface area contributed by atoms with E-state index in [1.807, 2.05) is 18.7 Å². The number of carbonyl (C=O) groups is 1. The van der Waals surface area contributed by atoms with Crippen molar-refractivity contribution in [2.24, 2.45) is 0 Å². The van der Waals surface area contributed by atoms with Crippen LogP contribution in [-0.4, -0.2) is 42.4 Å². The molecule has 1 aliphatic rings. The summed E-state index contributed by atoms with van der Waals surface area (Å²) in [6, 6.07) is 0.345. The summed E-state index contributed by atoms with van der Waals surface area (Å²) < 4.78 is 11.5. The minimum Gasteiger partial charge on any atom is -0.339 e. The highest BCUT2D eigenvalue weighted by Gasteiger charge is 2.27. The Balaban J connectivity index is 2.50. The minimum atomic E-state index is -2.37. The average molecular weight is 353 g/mol. The van der Waals surface area contributed by atoms with Gasteiger partial charge in [-0.05, 0) is 50.8 Å². The largest absolute Gasteiger partial charge is 0.339 e. The average Bonchev–Trinajstić information content (AvgIpc) is 2.49. The van der Waals surface area contributed by atoms with Gasteiger partial charge in [0, 0.05) is 12.6 Å². The number of hydrogen-bond acceptors (Lipinski definition) is 5. The van der Waals surface area contributed by atoms with Gasteiger partial charge in [-0.2, -0.15) is 0 Å². The van der Waals surface area contributed by atoms with Crippen molar-refractivity contribution in [2.75, 3.05) is 25.5 Å². The van der Waals surface area contributed by atoms with Gasteiger partial charge in [0.1, 0.15) is 0 Å². The molecular weight excluding hydrogens is 325 g/mol. The van der Waals surface area contributed by atoms with E-state index in [1.54, 1.807) is 0 Å². The maximum Gasteiger partial charge on any atom is 0.247 e. The monoisotopic (exact) mass is 353 g/mol. The molecule has 4 nitrogen and oxygen atoms in total. The van der Waals surface area contributed by atoms with Crippen LogP contribution < -0.4 is 0 Å². The molecule has 1 aliphatic heterocycles. The number of amides is 1. The van der Waals surface area contributed by atoms with E-state index in [-0.39, 0.29) is 5.91 Å². The first-order valence-corrected chi connectivity index (χ1v) is 12.1. The predicted octanol–water partition coefficient (Wildman–Crippen LogP) is 4.20. The van der Waals surface area contributed by atoms with Gasteiger partial charge in [0.2, 0.25) is 11.6 Å². The Labute approximate surface area is 138 Å². The molecule has 21 heavy (non-hydrogen) atoms. The zero-order chi connectivity index (χ0) is 15.7. The van der Waals surface area contributed by atoms with E-state index < -0.39 is 5.69 Å². The van der Waals surface area contributed by atoms with Gasteiger partial charge in [-0.1, -0.05) is 25.2 Å². The predicted molar refractivity (Wildman–Crippen MR) is 94.3 cm³/mol. The number of piperidine rings is 1. The molecule has 0 aromatic rings. The van der Waals surface area contributed by atoms with E-state index in [9.17, 15) is 4.79 Å². The quantitative estimate of drug-likeness (QED) is 0.581. The Morgan fingerprint density at radius 3 is 2.43 bits per heavy atom. The molecule has 1 amide bonds. The van der Waals surface area contributed by atoms with Crippen LogP contribution in [0.5, 0.6) is 0 Å². The highest BCUT2D eigenvalue weighted by Crippen LogP contribution is 2.61. The Kier molecular flexibility index (Phi) is 9.46. The van der Waals surface area contributed by atoms with Crippen LogP contribution in [0, 0.1) is 0 Å². The highest BCUT2D eigenvalue weighted by atomic mass is 32.9. The maximum atomic E-state index is 12.4. The molecule has 1 atom stereocenters. The number of nitrogens with zero attached hydrogens (tertiary/aromatic N) is 1. The Morgan fingerprint density at radius 1 is 1.29 bits per heavy atom. The summed E-state index contributed by atoms with van der Waals surface area (Å²) in [4.78, 5) is 14.4. The molecule has 0 N–H and O–H groups in total. The van der Waals surface area contributed by atoms with E-state index in [4.69, 9.17) is 20.9 Å². The highest BCUT2D eigenvalue weighted by molar-refractivity contribution is 8.68. The number of carbonyl (C=O) groups excluding carboxylic acids is 1. The second kappa shape index (κ2) is 10.2. The normalized spacial score (nSPS) is 19.8. The molecule has 1 rings (SSSR count). The summed E-state index contributed by atoms with van der Waals surface area (Å²) in [7, 11) is 0. The van der Waals surface area contributed by atoms with Gasteiger partial charge in [-0.15, -0.1) is 0 Å². The van der Waals surface area contributed by atoms with Crippen molar-refractivity contribution in [3.63, 3.8) is 0 Å². The van der Waals surface area contributed by atoms with Crippen molar-refractivity contribution >= 4 is 34.8 Å². The Morgan fingerprint density at radius 2 is 1.90 bits per heavy atom. The molecule has 0 saturated carbocycles. The van der Waals surface area contributed by atoms with Crippen molar-refractivity contribution in [3.05, 3.63) is 0 Å². The number of hydrogen-bond donors (Lipinski definition) is 0. The minimum absolute atomic E-state index is 0.168. The summed E-state index contributed by atoms with van der Waals surface area (Å²) in [5, 5.41) is 0. The van der Waals surface area contributed by atoms with Crippen LogP contribution in [-0.2, 0) is 25.6 Å². The summed E-state index contributed by atoms with van der Waals surface area (Å²) in [5.74, 6) is 0.538. The lowest BCUT2D eigenvalue weighted by Gasteiger charge is -2.33. The SMILES string of the molecule is CCCOP(=S)(OCCC)SCC(=O)N1CCCC[C@H]1C. The summed E-state index contributed by atoms with van der Waals surface area (Å²) in [5.41, 5.74) is -2.37. The summed E-state index contributed by atoms with van der Waals surface area (Å²) in [6.45, 7) is 8.29. The first-order chi connectivity index (χ1) is 10.0. The van der Waals surface area contributed by atoms with Crippen LogP contribution >= 0.6 is 17.1 Å². The number of rotatable bonds is 9. The van der Waals surface area contributed by atoms with Crippen molar-refractivity contribution in [2.45, 2.75) is 58.9 Å². The maximum absolute atomic E-state index is 12.4.